The second-order valence-corrected chi connectivity index (χ2v) is 7.51. The van der Waals surface area contributed by atoms with E-state index in [2.05, 4.69) is 0 Å². The van der Waals surface area contributed by atoms with Crippen LogP contribution >= 0.6 is 0 Å². The number of halogens is 3. The average molecular weight is 433 g/mol. The van der Waals surface area contributed by atoms with Crippen molar-refractivity contribution >= 4 is 11.7 Å². The second-order valence-electron chi connectivity index (χ2n) is 7.51. The highest BCUT2D eigenvalue weighted by Gasteiger charge is 2.40. The first-order chi connectivity index (χ1) is 14.9. The van der Waals surface area contributed by atoms with Gasteiger partial charge in [0.05, 0.1) is 38.0 Å². The van der Waals surface area contributed by atoms with Gasteiger partial charge in [-0.3, -0.25) is 4.90 Å². The number of rotatable bonds is 4. The molecule has 2 unspecified atom stereocenters. The van der Waals surface area contributed by atoms with E-state index in [4.69, 9.17) is 14.2 Å². The minimum atomic E-state index is -4.45. The minimum Gasteiger partial charge on any atom is -0.496 e. The van der Waals surface area contributed by atoms with Crippen LogP contribution in [0.25, 0.3) is 5.57 Å². The Labute approximate surface area is 178 Å². The summed E-state index contributed by atoms with van der Waals surface area (Å²) in [6.07, 6.45) is -2.60. The number of fused-ring (bicyclic) bond motifs is 2. The zero-order valence-electron chi connectivity index (χ0n) is 16.9. The number of nitrogens with zero attached hydrogens (tertiary/aromatic N) is 1. The first-order valence-corrected chi connectivity index (χ1v) is 9.90. The van der Waals surface area contributed by atoms with Gasteiger partial charge in [0.15, 0.2) is 0 Å². The van der Waals surface area contributed by atoms with E-state index in [0.29, 0.717) is 25.2 Å². The molecule has 0 aromatic heterocycles. The van der Waals surface area contributed by atoms with Crippen molar-refractivity contribution in [1.29, 1.82) is 0 Å². The predicted molar refractivity (Wildman–Crippen MR) is 107 cm³/mol. The third-order valence-corrected chi connectivity index (χ3v) is 5.49. The molecule has 2 aliphatic heterocycles. The van der Waals surface area contributed by atoms with Crippen LogP contribution in [0.1, 0.15) is 23.1 Å². The molecule has 164 valence electrons. The molecule has 2 bridgehead atoms. The van der Waals surface area contributed by atoms with Crippen LogP contribution < -0.4 is 4.74 Å². The number of morpholine rings is 1. The summed E-state index contributed by atoms with van der Waals surface area (Å²) in [7, 11) is 1.35. The van der Waals surface area contributed by atoms with Gasteiger partial charge in [0.25, 0.3) is 0 Å². The number of carbonyl (C=O) groups is 1. The van der Waals surface area contributed by atoms with Gasteiger partial charge in [0.1, 0.15) is 12.4 Å². The van der Waals surface area contributed by atoms with E-state index in [9.17, 15) is 18.0 Å². The van der Waals surface area contributed by atoms with E-state index in [1.165, 1.54) is 13.2 Å². The highest BCUT2D eigenvalue weighted by atomic mass is 19.4. The van der Waals surface area contributed by atoms with E-state index in [0.717, 1.165) is 23.3 Å². The van der Waals surface area contributed by atoms with Gasteiger partial charge < -0.3 is 14.2 Å². The maximum absolute atomic E-state index is 13.1. The van der Waals surface area contributed by atoms with Crippen molar-refractivity contribution in [2.45, 2.75) is 31.3 Å². The Kier molecular flexibility index (Phi) is 5.91. The SMILES string of the molecule is COc1cc(C(F)(F)F)ccc1C1=CC2COCC(C1)N2C(=O)OCc1ccccc1. The van der Waals surface area contributed by atoms with E-state index < -0.39 is 17.8 Å². The van der Waals surface area contributed by atoms with Gasteiger partial charge >= 0.3 is 12.3 Å². The summed E-state index contributed by atoms with van der Waals surface area (Å²) < 4.78 is 55.5. The molecular formula is C23H22F3NO4. The summed E-state index contributed by atoms with van der Waals surface area (Å²) in [6, 6.07) is 12.2. The second kappa shape index (κ2) is 8.63. The lowest BCUT2D eigenvalue weighted by Crippen LogP contribution is -2.56. The molecule has 2 atom stereocenters. The van der Waals surface area contributed by atoms with Crippen molar-refractivity contribution in [2.24, 2.45) is 0 Å². The molecule has 0 saturated carbocycles. The Morgan fingerprint density at radius 3 is 2.61 bits per heavy atom. The molecule has 0 aliphatic carbocycles. The first-order valence-electron chi connectivity index (χ1n) is 9.90. The molecule has 2 aromatic rings. The standard InChI is InChI=1S/C23H22F3NO4/c1-29-21-11-17(23(24,25)26)7-8-20(21)16-9-18-13-30-14-19(10-16)27(18)22(28)31-12-15-5-3-2-4-6-15/h2-9,11,18-19H,10,12-14H2,1H3. The van der Waals surface area contributed by atoms with Crippen LogP contribution in [0.4, 0.5) is 18.0 Å². The Balaban J connectivity index is 1.55. The molecule has 1 amide bonds. The normalized spacial score (nSPS) is 20.8. The maximum atomic E-state index is 13.1. The van der Waals surface area contributed by atoms with Crippen molar-refractivity contribution in [3.05, 3.63) is 71.3 Å². The lowest BCUT2D eigenvalue weighted by atomic mass is 9.89. The van der Waals surface area contributed by atoms with Gasteiger partial charge in [0, 0.05) is 5.56 Å². The van der Waals surface area contributed by atoms with Crippen LogP contribution in [0.3, 0.4) is 0 Å². The van der Waals surface area contributed by atoms with E-state index >= 15 is 0 Å². The van der Waals surface area contributed by atoms with E-state index in [1.54, 1.807) is 4.90 Å². The Bertz CT molecular complexity index is 975. The number of hydrogen-bond acceptors (Lipinski definition) is 4. The molecule has 8 heteroatoms. The summed E-state index contributed by atoms with van der Waals surface area (Å²) in [4.78, 5) is 14.4. The molecule has 2 aliphatic rings. The van der Waals surface area contributed by atoms with Crippen LogP contribution in [0.15, 0.2) is 54.6 Å². The molecule has 1 saturated heterocycles. The number of carbonyl (C=O) groups excluding carboxylic acids is 1. The van der Waals surface area contributed by atoms with Gasteiger partial charge in [-0.05, 0) is 29.7 Å². The molecule has 1 fully saturated rings. The van der Waals surface area contributed by atoms with Gasteiger partial charge in [-0.2, -0.15) is 13.2 Å². The summed E-state index contributed by atoms with van der Waals surface area (Å²) in [6.45, 7) is 0.792. The minimum absolute atomic E-state index is 0.153. The number of hydrogen-bond donors (Lipinski definition) is 0. The monoisotopic (exact) mass is 433 g/mol. The van der Waals surface area contributed by atoms with Crippen LogP contribution in [0.2, 0.25) is 0 Å². The largest absolute Gasteiger partial charge is 0.496 e. The molecule has 4 rings (SSSR count). The maximum Gasteiger partial charge on any atom is 0.416 e. The molecule has 2 aromatic carbocycles. The third-order valence-electron chi connectivity index (χ3n) is 5.49. The first kappa shape index (κ1) is 21.2. The number of benzene rings is 2. The summed E-state index contributed by atoms with van der Waals surface area (Å²) in [5, 5.41) is 0. The number of ether oxygens (including phenoxy) is 3. The zero-order valence-corrected chi connectivity index (χ0v) is 16.9. The van der Waals surface area contributed by atoms with Gasteiger partial charge in [-0.1, -0.05) is 42.5 Å². The van der Waals surface area contributed by atoms with Gasteiger partial charge in [0.2, 0.25) is 0 Å². The fourth-order valence-corrected chi connectivity index (χ4v) is 4.01. The average Bonchev–Trinajstić information content (AvgIpc) is 2.76. The molecular weight excluding hydrogens is 411 g/mol. The van der Waals surface area contributed by atoms with E-state index in [1.807, 2.05) is 36.4 Å². The number of amides is 1. The van der Waals surface area contributed by atoms with E-state index in [-0.39, 0.29) is 24.4 Å². The Hall–Kier alpha value is -3.00. The van der Waals surface area contributed by atoms with Crippen molar-refractivity contribution in [3.63, 3.8) is 0 Å². The lowest BCUT2D eigenvalue weighted by Gasteiger charge is -2.43. The topological polar surface area (TPSA) is 48.0 Å². The molecule has 31 heavy (non-hydrogen) atoms. The zero-order chi connectivity index (χ0) is 22.0. The van der Waals surface area contributed by atoms with Crippen LogP contribution in [0.5, 0.6) is 5.75 Å². The number of alkyl halides is 3. The Morgan fingerprint density at radius 1 is 1.16 bits per heavy atom. The van der Waals surface area contributed by atoms with Gasteiger partial charge in [-0.15, -0.1) is 0 Å². The summed E-state index contributed by atoms with van der Waals surface area (Å²) in [5.41, 5.74) is 1.54. The molecule has 0 radical (unpaired) electrons. The van der Waals surface area contributed by atoms with Crippen LogP contribution in [-0.4, -0.2) is 43.4 Å². The molecule has 2 heterocycles. The summed E-state index contributed by atoms with van der Waals surface area (Å²) in [5.74, 6) is 0.153. The Morgan fingerprint density at radius 2 is 1.94 bits per heavy atom. The fraction of sp³-hybridized carbons (Fsp3) is 0.348. The third kappa shape index (κ3) is 4.54. The molecule has 0 spiro atoms. The number of methoxy groups -OCH3 is 1. The van der Waals surface area contributed by atoms with Crippen molar-refractivity contribution in [3.8, 4) is 5.75 Å². The lowest BCUT2D eigenvalue weighted by molar-refractivity contribution is -0.137. The highest BCUT2D eigenvalue weighted by molar-refractivity contribution is 5.77. The van der Waals surface area contributed by atoms with Crippen molar-refractivity contribution < 1.29 is 32.2 Å². The van der Waals surface area contributed by atoms with Gasteiger partial charge in [-0.25, -0.2) is 4.79 Å². The predicted octanol–water partition coefficient (Wildman–Crippen LogP) is 4.91. The smallest absolute Gasteiger partial charge is 0.416 e. The van der Waals surface area contributed by atoms with Crippen molar-refractivity contribution in [1.82, 2.24) is 4.90 Å². The quantitative estimate of drug-likeness (QED) is 0.688. The summed E-state index contributed by atoms with van der Waals surface area (Å²) >= 11 is 0. The molecule has 0 N–H and O–H groups in total. The molecule has 5 nitrogen and oxygen atoms in total. The van der Waals surface area contributed by atoms with Crippen LogP contribution in [-0.2, 0) is 22.3 Å². The van der Waals surface area contributed by atoms with Crippen molar-refractivity contribution in [2.75, 3.05) is 20.3 Å². The fourth-order valence-electron chi connectivity index (χ4n) is 4.01. The van der Waals surface area contributed by atoms with Crippen LogP contribution in [0, 0.1) is 0 Å². The highest BCUT2D eigenvalue weighted by Crippen LogP contribution is 2.39.